The van der Waals surface area contributed by atoms with E-state index in [-0.39, 0.29) is 0 Å². The maximum atomic E-state index is 3.62. The first kappa shape index (κ1) is 13.4. The zero-order valence-corrected chi connectivity index (χ0v) is 13.6. The van der Waals surface area contributed by atoms with Gasteiger partial charge in [-0.05, 0) is 30.2 Å². The first-order chi connectivity index (χ1) is 11.8. The second-order valence-electron chi connectivity index (χ2n) is 6.42. The summed E-state index contributed by atoms with van der Waals surface area (Å²) in [5.74, 6) is 0. The number of hydrogen-bond acceptors (Lipinski definition) is 0. The zero-order valence-electron chi connectivity index (χ0n) is 13.6. The molecule has 0 aliphatic carbocycles. The molecule has 2 heterocycles. The van der Waals surface area contributed by atoms with E-state index >= 15 is 0 Å². The van der Waals surface area contributed by atoms with Gasteiger partial charge >= 0.3 is 0 Å². The Balaban J connectivity index is 1.89. The molecule has 0 radical (unpaired) electrons. The average molecular weight is 310 g/mol. The van der Waals surface area contributed by atoms with E-state index in [1.165, 1.54) is 44.0 Å². The molecular weight excluding hydrogens is 292 g/mol. The molecule has 0 saturated carbocycles. The lowest BCUT2D eigenvalue weighted by Gasteiger charge is -2.10. The van der Waals surface area contributed by atoms with E-state index < -0.39 is 0 Å². The Labute approximate surface area is 140 Å². The molecule has 116 valence electrons. The highest BCUT2D eigenvalue weighted by molar-refractivity contribution is 6.17. The molecule has 0 bridgehead atoms. The molecule has 1 N–H and O–H groups in total. The van der Waals surface area contributed by atoms with Crippen molar-refractivity contribution >= 4 is 32.8 Å². The lowest BCUT2D eigenvalue weighted by molar-refractivity contribution is 0.864. The molecule has 3 aromatic carbocycles. The van der Waals surface area contributed by atoms with Crippen molar-refractivity contribution in [3.8, 4) is 0 Å². The summed E-state index contributed by atoms with van der Waals surface area (Å²) in [7, 11) is 0. The maximum absolute atomic E-state index is 3.62. The summed E-state index contributed by atoms with van der Waals surface area (Å²) in [6.45, 7) is 3.08. The number of fused-ring (bicyclic) bond motifs is 5. The first-order valence-electron chi connectivity index (χ1n) is 8.35. The molecule has 0 spiro atoms. The van der Waals surface area contributed by atoms with E-state index in [1.807, 2.05) is 0 Å². The van der Waals surface area contributed by atoms with Crippen LogP contribution in [0.5, 0.6) is 0 Å². The van der Waals surface area contributed by atoms with E-state index in [9.17, 15) is 0 Å². The summed E-state index contributed by atoms with van der Waals surface area (Å²) >= 11 is 0. The van der Waals surface area contributed by atoms with E-state index in [1.54, 1.807) is 0 Å². The fraction of sp³-hybridized carbons (Fsp3) is 0.0909. The Morgan fingerprint density at radius 3 is 2.38 bits per heavy atom. The van der Waals surface area contributed by atoms with Gasteiger partial charge in [0.25, 0.3) is 0 Å². The quantitative estimate of drug-likeness (QED) is 0.436. The maximum Gasteiger partial charge on any atom is 0.0754 e. The highest BCUT2D eigenvalue weighted by atomic mass is 15.0. The highest BCUT2D eigenvalue weighted by Crippen LogP contribution is 2.34. The van der Waals surface area contributed by atoms with Gasteiger partial charge in [-0.15, -0.1) is 0 Å². The SMILES string of the molecule is Cc1ccccc1Cn1c2ccccc2c2[nH]c3ccccc3c21. The minimum atomic E-state index is 0.887. The fourth-order valence-corrected chi connectivity index (χ4v) is 3.77. The first-order valence-corrected chi connectivity index (χ1v) is 8.35. The van der Waals surface area contributed by atoms with Gasteiger partial charge in [-0.2, -0.15) is 0 Å². The number of aromatic nitrogens is 2. The van der Waals surface area contributed by atoms with Gasteiger partial charge in [0.15, 0.2) is 0 Å². The van der Waals surface area contributed by atoms with Crippen LogP contribution in [0.1, 0.15) is 11.1 Å². The van der Waals surface area contributed by atoms with Gasteiger partial charge in [0.2, 0.25) is 0 Å². The normalized spacial score (nSPS) is 11.7. The Kier molecular flexibility index (Phi) is 2.80. The third-order valence-electron chi connectivity index (χ3n) is 5.00. The number of para-hydroxylation sites is 2. The number of nitrogens with zero attached hydrogens (tertiary/aromatic N) is 1. The van der Waals surface area contributed by atoms with Gasteiger partial charge in [-0.25, -0.2) is 0 Å². The Bertz CT molecular complexity index is 1180. The summed E-state index contributed by atoms with van der Waals surface area (Å²) in [5, 5.41) is 2.58. The van der Waals surface area contributed by atoms with Crippen molar-refractivity contribution in [2.75, 3.05) is 0 Å². The standard InChI is InChI=1S/C22H18N2/c1-15-8-2-3-9-16(15)14-24-20-13-7-5-11-18(20)21-22(24)17-10-4-6-12-19(17)23-21/h2-13,23H,14H2,1H3. The van der Waals surface area contributed by atoms with Crippen LogP contribution in [0.4, 0.5) is 0 Å². The topological polar surface area (TPSA) is 20.7 Å². The summed E-state index contributed by atoms with van der Waals surface area (Å²) < 4.78 is 2.45. The number of nitrogens with one attached hydrogen (secondary N) is 1. The molecule has 0 saturated heterocycles. The van der Waals surface area contributed by atoms with E-state index in [0.29, 0.717) is 0 Å². The molecule has 0 atom stereocenters. The van der Waals surface area contributed by atoms with Gasteiger partial charge in [0.1, 0.15) is 0 Å². The van der Waals surface area contributed by atoms with Crippen LogP contribution in [0.3, 0.4) is 0 Å². The van der Waals surface area contributed by atoms with Crippen molar-refractivity contribution in [2.45, 2.75) is 13.5 Å². The fourth-order valence-electron chi connectivity index (χ4n) is 3.77. The number of hydrogen-bond donors (Lipinski definition) is 1. The van der Waals surface area contributed by atoms with Gasteiger partial charge in [0, 0.05) is 22.8 Å². The van der Waals surface area contributed by atoms with Crippen LogP contribution in [0.15, 0.2) is 72.8 Å². The van der Waals surface area contributed by atoms with E-state index in [0.717, 1.165) is 6.54 Å². The lowest BCUT2D eigenvalue weighted by atomic mass is 10.1. The number of aryl methyl sites for hydroxylation is 1. The predicted octanol–water partition coefficient (Wildman–Crippen LogP) is 5.63. The second kappa shape index (κ2) is 5.00. The Hall–Kier alpha value is -3.00. The van der Waals surface area contributed by atoms with Gasteiger partial charge in [-0.3, -0.25) is 0 Å². The van der Waals surface area contributed by atoms with Crippen molar-refractivity contribution in [1.82, 2.24) is 9.55 Å². The van der Waals surface area contributed by atoms with Crippen LogP contribution >= 0.6 is 0 Å². The van der Waals surface area contributed by atoms with Crippen LogP contribution < -0.4 is 0 Å². The molecule has 0 aliphatic rings. The monoisotopic (exact) mass is 310 g/mol. The number of rotatable bonds is 2. The van der Waals surface area contributed by atoms with Crippen LogP contribution in [0.2, 0.25) is 0 Å². The molecule has 24 heavy (non-hydrogen) atoms. The van der Waals surface area contributed by atoms with Gasteiger partial charge < -0.3 is 9.55 Å². The number of aromatic amines is 1. The molecule has 0 aliphatic heterocycles. The van der Waals surface area contributed by atoms with Crippen molar-refractivity contribution in [2.24, 2.45) is 0 Å². The average Bonchev–Trinajstić information content (AvgIpc) is 3.13. The third kappa shape index (κ3) is 1.83. The summed E-state index contributed by atoms with van der Waals surface area (Å²) in [4.78, 5) is 3.62. The molecule has 0 amide bonds. The summed E-state index contributed by atoms with van der Waals surface area (Å²) in [6, 6.07) is 25.9. The molecule has 0 fully saturated rings. The van der Waals surface area contributed by atoms with Crippen LogP contribution in [-0.4, -0.2) is 9.55 Å². The van der Waals surface area contributed by atoms with Crippen molar-refractivity contribution in [3.05, 3.63) is 83.9 Å². The van der Waals surface area contributed by atoms with E-state index in [2.05, 4.69) is 89.3 Å². The summed E-state index contributed by atoms with van der Waals surface area (Å²) in [5.41, 5.74) is 7.73. The zero-order chi connectivity index (χ0) is 16.1. The number of benzene rings is 3. The molecule has 5 aromatic rings. The van der Waals surface area contributed by atoms with Crippen LogP contribution in [0, 0.1) is 6.92 Å². The van der Waals surface area contributed by atoms with Crippen molar-refractivity contribution < 1.29 is 0 Å². The molecule has 2 nitrogen and oxygen atoms in total. The third-order valence-corrected chi connectivity index (χ3v) is 5.00. The highest BCUT2D eigenvalue weighted by Gasteiger charge is 2.15. The molecule has 2 heteroatoms. The minimum Gasteiger partial charge on any atom is -0.353 e. The molecule has 2 aromatic heterocycles. The predicted molar refractivity (Wildman–Crippen MR) is 102 cm³/mol. The Morgan fingerprint density at radius 1 is 0.792 bits per heavy atom. The van der Waals surface area contributed by atoms with Gasteiger partial charge in [-0.1, -0.05) is 60.7 Å². The van der Waals surface area contributed by atoms with E-state index in [4.69, 9.17) is 0 Å². The lowest BCUT2D eigenvalue weighted by Crippen LogP contribution is -2.01. The molecule has 5 rings (SSSR count). The minimum absolute atomic E-state index is 0.887. The van der Waals surface area contributed by atoms with Crippen molar-refractivity contribution in [1.29, 1.82) is 0 Å². The van der Waals surface area contributed by atoms with Gasteiger partial charge in [0.05, 0.1) is 16.6 Å². The Morgan fingerprint density at radius 2 is 1.50 bits per heavy atom. The van der Waals surface area contributed by atoms with Crippen LogP contribution in [0.25, 0.3) is 32.8 Å². The molecule has 0 unspecified atom stereocenters. The largest absolute Gasteiger partial charge is 0.353 e. The molecular formula is C22H18N2. The smallest absolute Gasteiger partial charge is 0.0754 e. The van der Waals surface area contributed by atoms with Crippen LogP contribution in [-0.2, 0) is 6.54 Å². The van der Waals surface area contributed by atoms with Crippen molar-refractivity contribution in [3.63, 3.8) is 0 Å². The second-order valence-corrected chi connectivity index (χ2v) is 6.42. The number of H-pyrrole nitrogens is 1. The summed E-state index contributed by atoms with van der Waals surface area (Å²) in [6.07, 6.45) is 0.